The highest BCUT2D eigenvalue weighted by Gasteiger charge is 2.28. The minimum atomic E-state index is -0.752. The molecular weight excluding hydrogens is 235 g/mol. The van der Waals surface area contributed by atoms with Crippen molar-refractivity contribution in [1.82, 2.24) is 0 Å². The van der Waals surface area contributed by atoms with Crippen molar-refractivity contribution >= 4 is 0 Å². The van der Waals surface area contributed by atoms with Gasteiger partial charge in [-0.1, -0.05) is 75.8 Å². The molecule has 19 heavy (non-hydrogen) atoms. The molecule has 106 valence electrons. The third-order valence-electron chi connectivity index (χ3n) is 4.64. The average Bonchev–Trinajstić information content (AvgIpc) is 2.48. The summed E-state index contributed by atoms with van der Waals surface area (Å²) < 4.78 is 14.5. The first-order valence-corrected chi connectivity index (χ1v) is 8.00. The molecule has 0 N–H and O–H groups in total. The van der Waals surface area contributed by atoms with Gasteiger partial charge in [0.25, 0.3) is 0 Å². The fourth-order valence-electron chi connectivity index (χ4n) is 3.36. The average molecular weight is 262 g/mol. The molecule has 0 amide bonds. The fourth-order valence-corrected chi connectivity index (χ4v) is 3.36. The van der Waals surface area contributed by atoms with Gasteiger partial charge in [-0.15, -0.1) is 0 Å². The van der Waals surface area contributed by atoms with E-state index < -0.39 is 6.17 Å². The van der Waals surface area contributed by atoms with Gasteiger partial charge in [-0.25, -0.2) is 4.39 Å². The Morgan fingerprint density at radius 3 is 2.37 bits per heavy atom. The molecule has 0 radical (unpaired) electrons. The molecule has 0 heterocycles. The van der Waals surface area contributed by atoms with Gasteiger partial charge in [0.15, 0.2) is 0 Å². The highest BCUT2D eigenvalue weighted by atomic mass is 19.1. The van der Waals surface area contributed by atoms with Crippen LogP contribution in [0.25, 0.3) is 0 Å². The predicted octanol–water partition coefficient (Wildman–Crippen LogP) is 6.08. The Bertz CT molecular complexity index is 338. The van der Waals surface area contributed by atoms with Crippen LogP contribution in [0.1, 0.15) is 70.0 Å². The summed E-state index contributed by atoms with van der Waals surface area (Å²) in [5, 5.41) is 0. The summed E-state index contributed by atoms with van der Waals surface area (Å²) in [5.41, 5.74) is 0.872. The van der Waals surface area contributed by atoms with Crippen molar-refractivity contribution in [2.45, 2.75) is 64.5 Å². The molecule has 1 aromatic carbocycles. The van der Waals surface area contributed by atoms with Crippen LogP contribution in [-0.4, -0.2) is 0 Å². The molecular formula is C18H27F. The van der Waals surface area contributed by atoms with E-state index in [-0.39, 0.29) is 5.92 Å². The number of rotatable bonds is 6. The standard InChI is InChI=1S/C18H27F/c1-2-3-5-8-15-11-13-17(14-12-15)18(19)16-9-6-4-7-10-16/h4,6-7,9-10,15,17-18H,2-3,5,8,11-14H2,1H3. The summed E-state index contributed by atoms with van der Waals surface area (Å²) in [6, 6.07) is 9.70. The number of hydrogen-bond acceptors (Lipinski definition) is 0. The Hall–Kier alpha value is -0.850. The van der Waals surface area contributed by atoms with Crippen LogP contribution in [0.3, 0.4) is 0 Å². The van der Waals surface area contributed by atoms with Gasteiger partial charge >= 0.3 is 0 Å². The fraction of sp³-hybridized carbons (Fsp3) is 0.667. The lowest BCUT2D eigenvalue weighted by Crippen LogP contribution is -2.18. The number of alkyl halides is 1. The Balaban J connectivity index is 1.77. The van der Waals surface area contributed by atoms with Crippen molar-refractivity contribution < 1.29 is 4.39 Å². The zero-order valence-electron chi connectivity index (χ0n) is 12.2. The third-order valence-corrected chi connectivity index (χ3v) is 4.64. The van der Waals surface area contributed by atoms with E-state index >= 15 is 0 Å². The molecule has 1 aromatic rings. The highest BCUT2D eigenvalue weighted by Crippen LogP contribution is 2.40. The summed E-state index contributed by atoms with van der Waals surface area (Å²) in [7, 11) is 0. The lowest BCUT2D eigenvalue weighted by atomic mass is 9.77. The zero-order valence-corrected chi connectivity index (χ0v) is 12.2. The highest BCUT2D eigenvalue weighted by molar-refractivity contribution is 5.18. The van der Waals surface area contributed by atoms with Gasteiger partial charge in [0.05, 0.1) is 0 Å². The largest absolute Gasteiger partial charge is 0.242 e. The maximum atomic E-state index is 14.5. The molecule has 1 saturated carbocycles. The molecule has 1 aliphatic carbocycles. The maximum absolute atomic E-state index is 14.5. The van der Waals surface area contributed by atoms with Crippen LogP contribution < -0.4 is 0 Å². The smallest absolute Gasteiger partial charge is 0.128 e. The Kier molecular flexibility index (Phi) is 5.88. The van der Waals surface area contributed by atoms with Crippen LogP contribution in [0.5, 0.6) is 0 Å². The van der Waals surface area contributed by atoms with Gasteiger partial charge in [-0.3, -0.25) is 0 Å². The first kappa shape index (κ1) is 14.6. The number of halogens is 1. The van der Waals surface area contributed by atoms with Gasteiger partial charge in [0, 0.05) is 0 Å². The second-order valence-electron chi connectivity index (χ2n) is 6.09. The Labute approximate surface area is 117 Å². The third kappa shape index (κ3) is 4.33. The van der Waals surface area contributed by atoms with E-state index in [0.29, 0.717) is 0 Å². The van der Waals surface area contributed by atoms with E-state index in [9.17, 15) is 4.39 Å². The minimum absolute atomic E-state index is 0.254. The van der Waals surface area contributed by atoms with E-state index in [0.717, 1.165) is 24.3 Å². The molecule has 0 aromatic heterocycles. The van der Waals surface area contributed by atoms with Gasteiger partial charge in [-0.05, 0) is 30.2 Å². The van der Waals surface area contributed by atoms with Crippen molar-refractivity contribution in [3.63, 3.8) is 0 Å². The van der Waals surface area contributed by atoms with Gasteiger partial charge < -0.3 is 0 Å². The van der Waals surface area contributed by atoms with Crippen LogP contribution >= 0.6 is 0 Å². The molecule has 0 saturated heterocycles. The Morgan fingerprint density at radius 1 is 1.05 bits per heavy atom. The van der Waals surface area contributed by atoms with Crippen molar-refractivity contribution in [3.05, 3.63) is 35.9 Å². The van der Waals surface area contributed by atoms with Gasteiger partial charge in [-0.2, -0.15) is 0 Å². The van der Waals surface area contributed by atoms with Crippen molar-refractivity contribution in [2.75, 3.05) is 0 Å². The first-order chi connectivity index (χ1) is 9.31. The van der Waals surface area contributed by atoms with Crippen LogP contribution in [0.2, 0.25) is 0 Å². The van der Waals surface area contributed by atoms with Crippen molar-refractivity contribution in [3.8, 4) is 0 Å². The van der Waals surface area contributed by atoms with Crippen molar-refractivity contribution in [2.24, 2.45) is 11.8 Å². The molecule has 0 bridgehead atoms. The van der Waals surface area contributed by atoms with E-state index in [1.807, 2.05) is 30.3 Å². The molecule has 0 spiro atoms. The van der Waals surface area contributed by atoms with E-state index in [4.69, 9.17) is 0 Å². The second kappa shape index (κ2) is 7.67. The molecule has 1 heteroatoms. The Morgan fingerprint density at radius 2 is 1.74 bits per heavy atom. The molecule has 1 fully saturated rings. The second-order valence-corrected chi connectivity index (χ2v) is 6.09. The SMILES string of the molecule is CCCCCC1CCC(C(F)c2ccccc2)CC1. The quantitative estimate of drug-likeness (QED) is 0.545. The number of unbranched alkanes of at least 4 members (excludes halogenated alkanes) is 2. The first-order valence-electron chi connectivity index (χ1n) is 8.00. The lowest BCUT2D eigenvalue weighted by molar-refractivity contribution is 0.152. The van der Waals surface area contributed by atoms with Gasteiger partial charge in [0.2, 0.25) is 0 Å². The van der Waals surface area contributed by atoms with Crippen LogP contribution in [0.15, 0.2) is 30.3 Å². The van der Waals surface area contributed by atoms with E-state index in [1.165, 1.54) is 38.5 Å². The normalized spacial score (nSPS) is 25.2. The molecule has 0 nitrogen and oxygen atoms in total. The molecule has 0 aliphatic heterocycles. The molecule has 1 unspecified atom stereocenters. The molecule has 1 aliphatic rings. The molecule has 1 atom stereocenters. The minimum Gasteiger partial charge on any atom is -0.242 e. The summed E-state index contributed by atoms with van der Waals surface area (Å²) in [4.78, 5) is 0. The van der Waals surface area contributed by atoms with Crippen LogP contribution in [-0.2, 0) is 0 Å². The van der Waals surface area contributed by atoms with Gasteiger partial charge in [0.1, 0.15) is 6.17 Å². The van der Waals surface area contributed by atoms with E-state index in [1.54, 1.807) is 0 Å². The van der Waals surface area contributed by atoms with Crippen LogP contribution in [0.4, 0.5) is 4.39 Å². The summed E-state index contributed by atoms with van der Waals surface area (Å²) in [6.45, 7) is 2.25. The zero-order chi connectivity index (χ0) is 13.5. The van der Waals surface area contributed by atoms with E-state index in [2.05, 4.69) is 6.92 Å². The lowest BCUT2D eigenvalue weighted by Gasteiger charge is -2.30. The number of benzene rings is 1. The summed E-state index contributed by atoms with van der Waals surface area (Å²) >= 11 is 0. The summed E-state index contributed by atoms with van der Waals surface area (Å²) in [5.74, 6) is 1.12. The topological polar surface area (TPSA) is 0 Å². The molecule has 2 rings (SSSR count). The maximum Gasteiger partial charge on any atom is 0.128 e. The monoisotopic (exact) mass is 262 g/mol. The number of hydrogen-bond donors (Lipinski definition) is 0. The van der Waals surface area contributed by atoms with Crippen molar-refractivity contribution in [1.29, 1.82) is 0 Å². The van der Waals surface area contributed by atoms with Crippen LogP contribution in [0, 0.1) is 11.8 Å². The summed E-state index contributed by atoms with van der Waals surface area (Å²) in [6.07, 6.45) is 9.26. The predicted molar refractivity (Wildman–Crippen MR) is 79.9 cm³/mol.